The number of para-hydroxylation sites is 2. The SMILES string of the molecule is COc1ccc(CNc2ccccc2OC(F)F)c(O)c1. The van der Waals surface area contributed by atoms with Crippen molar-refractivity contribution in [2.45, 2.75) is 13.2 Å². The molecule has 2 aromatic carbocycles. The summed E-state index contributed by atoms with van der Waals surface area (Å²) in [6.07, 6.45) is 0. The van der Waals surface area contributed by atoms with E-state index < -0.39 is 6.61 Å². The Balaban J connectivity index is 2.09. The topological polar surface area (TPSA) is 50.7 Å². The summed E-state index contributed by atoms with van der Waals surface area (Å²) in [4.78, 5) is 0. The summed E-state index contributed by atoms with van der Waals surface area (Å²) in [6, 6.07) is 11.3. The van der Waals surface area contributed by atoms with E-state index >= 15 is 0 Å². The summed E-state index contributed by atoms with van der Waals surface area (Å²) in [6.45, 7) is -2.62. The number of aromatic hydroxyl groups is 1. The van der Waals surface area contributed by atoms with Gasteiger partial charge in [-0.3, -0.25) is 0 Å². The van der Waals surface area contributed by atoms with Crippen LogP contribution in [0.15, 0.2) is 42.5 Å². The van der Waals surface area contributed by atoms with E-state index in [4.69, 9.17) is 4.74 Å². The van der Waals surface area contributed by atoms with Gasteiger partial charge >= 0.3 is 6.61 Å². The molecule has 21 heavy (non-hydrogen) atoms. The fraction of sp³-hybridized carbons (Fsp3) is 0.200. The van der Waals surface area contributed by atoms with Crippen LogP contribution in [0.3, 0.4) is 0 Å². The van der Waals surface area contributed by atoms with Gasteiger partial charge in [0.15, 0.2) is 0 Å². The normalized spacial score (nSPS) is 10.5. The van der Waals surface area contributed by atoms with Gasteiger partial charge in [0.25, 0.3) is 0 Å². The molecule has 0 bridgehead atoms. The molecule has 0 saturated heterocycles. The van der Waals surface area contributed by atoms with Crippen molar-refractivity contribution in [2.24, 2.45) is 0 Å². The second-order valence-corrected chi connectivity index (χ2v) is 4.22. The molecule has 2 rings (SSSR count). The summed E-state index contributed by atoms with van der Waals surface area (Å²) >= 11 is 0. The van der Waals surface area contributed by atoms with E-state index in [9.17, 15) is 13.9 Å². The van der Waals surface area contributed by atoms with Gasteiger partial charge in [0.1, 0.15) is 17.2 Å². The number of rotatable bonds is 6. The van der Waals surface area contributed by atoms with Crippen LogP contribution in [0.5, 0.6) is 17.2 Å². The molecular formula is C15H15F2NO3. The second-order valence-electron chi connectivity index (χ2n) is 4.22. The molecular weight excluding hydrogens is 280 g/mol. The number of alkyl halides is 2. The van der Waals surface area contributed by atoms with Gasteiger partial charge in [0.05, 0.1) is 12.8 Å². The van der Waals surface area contributed by atoms with Crippen molar-refractivity contribution in [3.8, 4) is 17.2 Å². The number of ether oxygens (including phenoxy) is 2. The first-order valence-corrected chi connectivity index (χ1v) is 6.23. The van der Waals surface area contributed by atoms with E-state index in [-0.39, 0.29) is 18.0 Å². The summed E-state index contributed by atoms with van der Waals surface area (Å²) in [5.41, 5.74) is 1.04. The number of nitrogens with one attached hydrogen (secondary N) is 1. The Labute approximate surface area is 120 Å². The lowest BCUT2D eigenvalue weighted by molar-refractivity contribution is -0.0493. The number of methoxy groups -OCH3 is 1. The standard InChI is InChI=1S/C15H15F2NO3/c1-20-11-7-6-10(13(19)8-11)9-18-12-4-2-3-5-14(12)21-15(16)17/h2-8,15,18-19H,9H2,1H3. The third kappa shape index (κ3) is 3.98. The van der Waals surface area contributed by atoms with Crippen molar-refractivity contribution in [1.82, 2.24) is 0 Å². The van der Waals surface area contributed by atoms with Crippen LogP contribution in [0.25, 0.3) is 0 Å². The van der Waals surface area contributed by atoms with E-state index in [1.165, 1.54) is 19.2 Å². The van der Waals surface area contributed by atoms with Gasteiger partial charge in [-0.25, -0.2) is 0 Å². The molecule has 4 nitrogen and oxygen atoms in total. The van der Waals surface area contributed by atoms with Crippen molar-refractivity contribution in [1.29, 1.82) is 0 Å². The number of phenols is 1. The van der Waals surface area contributed by atoms with Crippen molar-refractivity contribution < 1.29 is 23.4 Å². The van der Waals surface area contributed by atoms with Gasteiger partial charge < -0.3 is 19.9 Å². The molecule has 0 fully saturated rings. The van der Waals surface area contributed by atoms with Crippen molar-refractivity contribution >= 4 is 5.69 Å². The molecule has 0 radical (unpaired) electrons. The first-order chi connectivity index (χ1) is 10.1. The highest BCUT2D eigenvalue weighted by molar-refractivity contribution is 5.57. The third-order valence-electron chi connectivity index (χ3n) is 2.86. The molecule has 0 aromatic heterocycles. The average Bonchev–Trinajstić information content (AvgIpc) is 2.46. The number of phenolic OH excluding ortho intramolecular Hbond substituents is 1. The lowest BCUT2D eigenvalue weighted by Crippen LogP contribution is -2.06. The summed E-state index contributed by atoms with van der Waals surface area (Å²) < 4.78 is 34.0. The van der Waals surface area contributed by atoms with Crippen LogP contribution in [-0.2, 0) is 6.54 Å². The van der Waals surface area contributed by atoms with Crippen LogP contribution in [0.1, 0.15) is 5.56 Å². The van der Waals surface area contributed by atoms with Crippen molar-refractivity contribution in [3.63, 3.8) is 0 Å². The van der Waals surface area contributed by atoms with Gasteiger partial charge in [0.2, 0.25) is 0 Å². The zero-order valence-corrected chi connectivity index (χ0v) is 11.3. The minimum Gasteiger partial charge on any atom is -0.507 e. The maximum absolute atomic E-state index is 12.3. The maximum atomic E-state index is 12.3. The van der Waals surface area contributed by atoms with Crippen molar-refractivity contribution in [2.75, 3.05) is 12.4 Å². The van der Waals surface area contributed by atoms with Crippen LogP contribution in [-0.4, -0.2) is 18.8 Å². The van der Waals surface area contributed by atoms with E-state index in [1.807, 2.05) is 0 Å². The Kier molecular flexibility index (Phi) is 4.81. The molecule has 0 aliphatic carbocycles. The Morgan fingerprint density at radius 2 is 1.95 bits per heavy atom. The first-order valence-electron chi connectivity index (χ1n) is 6.23. The molecule has 0 aliphatic heterocycles. The summed E-state index contributed by atoms with van der Waals surface area (Å²) in [5, 5.41) is 12.8. The van der Waals surface area contributed by atoms with Gasteiger partial charge in [-0.1, -0.05) is 12.1 Å². The lowest BCUT2D eigenvalue weighted by Gasteiger charge is -2.13. The Morgan fingerprint density at radius 3 is 2.62 bits per heavy atom. The average molecular weight is 295 g/mol. The van der Waals surface area contributed by atoms with Crippen LogP contribution in [0.4, 0.5) is 14.5 Å². The fourth-order valence-corrected chi connectivity index (χ4v) is 1.82. The third-order valence-corrected chi connectivity index (χ3v) is 2.86. The molecule has 0 heterocycles. The van der Waals surface area contributed by atoms with E-state index in [0.717, 1.165) is 0 Å². The zero-order valence-electron chi connectivity index (χ0n) is 11.3. The van der Waals surface area contributed by atoms with E-state index in [1.54, 1.807) is 30.3 Å². The zero-order chi connectivity index (χ0) is 15.2. The quantitative estimate of drug-likeness (QED) is 0.854. The predicted molar refractivity (Wildman–Crippen MR) is 75.1 cm³/mol. The molecule has 6 heteroatoms. The molecule has 2 N–H and O–H groups in total. The number of halogens is 2. The largest absolute Gasteiger partial charge is 0.507 e. The Hall–Kier alpha value is -2.50. The summed E-state index contributed by atoms with van der Waals surface area (Å²) in [5.74, 6) is 0.660. The van der Waals surface area contributed by atoms with Gasteiger partial charge in [-0.15, -0.1) is 0 Å². The highest BCUT2D eigenvalue weighted by Crippen LogP contribution is 2.28. The van der Waals surface area contributed by atoms with Crippen molar-refractivity contribution in [3.05, 3.63) is 48.0 Å². The van der Waals surface area contributed by atoms with Gasteiger partial charge in [0, 0.05) is 18.2 Å². The Morgan fingerprint density at radius 1 is 1.19 bits per heavy atom. The lowest BCUT2D eigenvalue weighted by atomic mass is 10.2. The molecule has 0 saturated carbocycles. The number of hydrogen-bond donors (Lipinski definition) is 2. The molecule has 2 aromatic rings. The first kappa shape index (κ1) is 14.9. The monoisotopic (exact) mass is 295 g/mol. The minimum absolute atomic E-state index is 0.0560. The van der Waals surface area contributed by atoms with Crippen LogP contribution < -0.4 is 14.8 Å². The summed E-state index contributed by atoms with van der Waals surface area (Å²) in [7, 11) is 1.50. The highest BCUT2D eigenvalue weighted by atomic mass is 19.3. The number of benzene rings is 2. The molecule has 0 unspecified atom stereocenters. The molecule has 0 spiro atoms. The molecule has 112 valence electrons. The highest BCUT2D eigenvalue weighted by Gasteiger charge is 2.09. The maximum Gasteiger partial charge on any atom is 0.387 e. The molecule has 0 atom stereocenters. The van der Waals surface area contributed by atoms with Gasteiger partial charge in [-0.05, 0) is 24.3 Å². The van der Waals surface area contributed by atoms with Gasteiger partial charge in [-0.2, -0.15) is 8.78 Å². The van der Waals surface area contributed by atoms with Crippen LogP contribution in [0, 0.1) is 0 Å². The van der Waals surface area contributed by atoms with Crippen LogP contribution in [0.2, 0.25) is 0 Å². The second kappa shape index (κ2) is 6.78. The Bertz CT molecular complexity index is 605. The number of anilines is 1. The minimum atomic E-state index is -2.89. The smallest absolute Gasteiger partial charge is 0.387 e. The van der Waals surface area contributed by atoms with E-state index in [2.05, 4.69) is 10.1 Å². The van der Waals surface area contributed by atoms with E-state index in [0.29, 0.717) is 17.0 Å². The molecule has 0 aliphatic rings. The van der Waals surface area contributed by atoms with Crippen LogP contribution >= 0.6 is 0 Å². The number of hydrogen-bond acceptors (Lipinski definition) is 4. The fourth-order valence-electron chi connectivity index (χ4n) is 1.82. The molecule has 0 amide bonds. The predicted octanol–water partition coefficient (Wildman–Crippen LogP) is 3.61.